The Labute approximate surface area is 139 Å². The van der Waals surface area contributed by atoms with Crippen molar-refractivity contribution in [1.29, 1.82) is 0 Å². The molecule has 10 heteroatoms. The second-order valence-electron chi connectivity index (χ2n) is 5.81. The van der Waals surface area contributed by atoms with E-state index in [1.54, 1.807) is 11.5 Å². The summed E-state index contributed by atoms with van der Waals surface area (Å²) in [6.07, 6.45) is -2.07. The number of nitrogens with zero attached hydrogens (tertiary/aromatic N) is 4. The highest BCUT2D eigenvalue weighted by Gasteiger charge is 2.44. The minimum absolute atomic E-state index is 0.264. The summed E-state index contributed by atoms with van der Waals surface area (Å²) in [5.41, 5.74) is 6.75. The van der Waals surface area contributed by atoms with Gasteiger partial charge in [-0.15, -0.1) is 0 Å². The molecule has 2 unspecified atom stereocenters. The fourth-order valence-electron chi connectivity index (χ4n) is 2.91. The zero-order valence-electron chi connectivity index (χ0n) is 13.7. The van der Waals surface area contributed by atoms with Gasteiger partial charge in [-0.1, -0.05) is 0 Å². The number of rotatable bonds is 6. The van der Waals surface area contributed by atoms with Gasteiger partial charge in [-0.25, -0.2) is 15.0 Å². The smallest absolute Gasteiger partial charge is 0.167 e. The summed E-state index contributed by atoms with van der Waals surface area (Å²) in [6, 6.07) is 0. The summed E-state index contributed by atoms with van der Waals surface area (Å²) >= 11 is 0. The number of hydrogen-bond donors (Lipinski definition) is 5. The number of hydrogen-bond acceptors (Lipinski definition) is 9. The Morgan fingerprint density at radius 1 is 1.29 bits per heavy atom. The van der Waals surface area contributed by atoms with Crippen molar-refractivity contribution in [3.8, 4) is 0 Å². The lowest BCUT2D eigenvalue weighted by Crippen LogP contribution is -2.39. The molecule has 1 aliphatic rings. The number of aryl methyl sites for hydroxylation is 1. The van der Waals surface area contributed by atoms with Crippen molar-refractivity contribution in [2.45, 2.75) is 31.5 Å². The van der Waals surface area contributed by atoms with E-state index in [0.717, 1.165) is 13.1 Å². The molecule has 24 heavy (non-hydrogen) atoms. The van der Waals surface area contributed by atoms with E-state index in [2.05, 4.69) is 25.6 Å². The van der Waals surface area contributed by atoms with Crippen molar-refractivity contribution in [1.82, 2.24) is 30.2 Å². The first-order chi connectivity index (χ1) is 11.5. The van der Waals surface area contributed by atoms with E-state index >= 15 is 0 Å². The van der Waals surface area contributed by atoms with Gasteiger partial charge in [0.25, 0.3) is 0 Å². The van der Waals surface area contributed by atoms with Crippen LogP contribution in [-0.2, 0) is 4.74 Å². The Morgan fingerprint density at radius 2 is 2.08 bits per heavy atom. The second-order valence-corrected chi connectivity index (χ2v) is 5.81. The molecule has 6 N–H and O–H groups in total. The number of anilines is 1. The summed E-state index contributed by atoms with van der Waals surface area (Å²) in [4.78, 5) is 12.5. The predicted molar refractivity (Wildman–Crippen MR) is 87.2 cm³/mol. The maximum Gasteiger partial charge on any atom is 0.167 e. The Hall–Kier alpha value is -1.85. The summed E-state index contributed by atoms with van der Waals surface area (Å²) < 4.78 is 7.53. The van der Waals surface area contributed by atoms with Gasteiger partial charge in [0.05, 0.1) is 0 Å². The van der Waals surface area contributed by atoms with Crippen LogP contribution in [0.2, 0.25) is 0 Å². The first-order valence-corrected chi connectivity index (χ1v) is 7.86. The molecule has 2 aromatic rings. The number of aliphatic hydroxyl groups is 2. The fraction of sp³-hybridized carbons (Fsp3) is 0.643. The van der Waals surface area contributed by atoms with Gasteiger partial charge < -0.3 is 31.3 Å². The molecule has 0 amide bonds. The maximum atomic E-state index is 10.4. The zero-order valence-corrected chi connectivity index (χ0v) is 13.7. The van der Waals surface area contributed by atoms with Gasteiger partial charge in [0.15, 0.2) is 23.2 Å². The highest BCUT2D eigenvalue weighted by Crippen LogP contribution is 2.33. The number of ether oxygens (including phenoxy) is 1. The van der Waals surface area contributed by atoms with Crippen LogP contribution < -0.4 is 16.4 Å². The molecule has 3 rings (SSSR count). The highest BCUT2D eigenvalue weighted by atomic mass is 16.6. The van der Waals surface area contributed by atoms with Gasteiger partial charge in [0, 0.05) is 19.6 Å². The molecule has 0 aliphatic carbocycles. The first-order valence-electron chi connectivity index (χ1n) is 7.86. The Balaban J connectivity index is 1.82. The molecule has 0 spiro atoms. The quantitative estimate of drug-likeness (QED) is 0.383. The molecular weight excluding hydrogens is 314 g/mol. The molecule has 132 valence electrons. The van der Waals surface area contributed by atoms with Crippen molar-refractivity contribution in [2.75, 3.05) is 32.4 Å². The number of aliphatic hydroxyl groups excluding tert-OH is 2. The molecule has 2 aromatic heterocycles. The van der Waals surface area contributed by atoms with Crippen molar-refractivity contribution in [3.05, 3.63) is 12.2 Å². The second kappa shape index (κ2) is 6.95. The first kappa shape index (κ1) is 17.0. The Morgan fingerprint density at radius 3 is 2.83 bits per heavy atom. The van der Waals surface area contributed by atoms with E-state index in [0.29, 0.717) is 23.5 Å². The molecule has 1 aliphatic heterocycles. The lowest BCUT2D eigenvalue weighted by atomic mass is 10.1. The maximum absolute atomic E-state index is 10.4. The van der Waals surface area contributed by atoms with E-state index in [4.69, 9.17) is 10.5 Å². The summed E-state index contributed by atoms with van der Waals surface area (Å²) in [7, 11) is 1.86. The van der Waals surface area contributed by atoms with E-state index in [1.165, 1.54) is 6.33 Å². The topological polar surface area (TPSA) is 143 Å². The molecular formula is C14H23N7O3. The SMILES string of the molecule is CNCCNC[C@H]1O[C@@H](n2c(C)nc3c(N)ncnc32)C(O)C1O. The lowest BCUT2D eigenvalue weighted by molar-refractivity contribution is -0.0351. The summed E-state index contributed by atoms with van der Waals surface area (Å²) in [5, 5.41) is 26.9. The normalized spacial score (nSPS) is 27.2. The zero-order chi connectivity index (χ0) is 17.3. The van der Waals surface area contributed by atoms with Crippen LogP contribution in [0.25, 0.3) is 11.2 Å². The van der Waals surface area contributed by atoms with Crippen LogP contribution in [0.4, 0.5) is 5.82 Å². The Bertz CT molecular complexity index is 707. The van der Waals surface area contributed by atoms with Crippen LogP contribution in [0.5, 0.6) is 0 Å². The molecule has 0 radical (unpaired) electrons. The van der Waals surface area contributed by atoms with Gasteiger partial charge in [0.2, 0.25) is 0 Å². The van der Waals surface area contributed by atoms with Gasteiger partial charge in [-0.3, -0.25) is 4.57 Å². The predicted octanol–water partition coefficient (Wildman–Crippen LogP) is -1.85. The number of likely N-dealkylation sites (N-methyl/N-ethyl adjacent to an activating group) is 1. The van der Waals surface area contributed by atoms with Crippen LogP contribution in [-0.4, -0.2) is 74.7 Å². The third kappa shape index (κ3) is 2.94. The average Bonchev–Trinajstić information content (AvgIpc) is 3.03. The number of nitrogens with two attached hydrogens (primary N) is 1. The standard InChI is InChI=1S/C14H23N7O3/c1-7-20-9-12(15)18-6-19-13(9)21(7)14-11(23)10(22)8(24-14)5-17-4-3-16-2/h6,8,10-11,14,16-17,22-23H,3-5H2,1-2H3,(H2,15,18,19)/t8-,10?,11?,14-/m1/s1. The van der Waals surface area contributed by atoms with Crippen LogP contribution in [0, 0.1) is 6.92 Å². The molecule has 0 aromatic carbocycles. The van der Waals surface area contributed by atoms with E-state index in [-0.39, 0.29) is 5.82 Å². The molecule has 0 saturated carbocycles. The third-order valence-electron chi connectivity index (χ3n) is 4.17. The van der Waals surface area contributed by atoms with Crippen molar-refractivity contribution >= 4 is 17.0 Å². The fourth-order valence-corrected chi connectivity index (χ4v) is 2.91. The molecule has 0 bridgehead atoms. The van der Waals surface area contributed by atoms with Gasteiger partial charge in [-0.05, 0) is 14.0 Å². The number of nitrogens with one attached hydrogen (secondary N) is 2. The minimum Gasteiger partial charge on any atom is -0.387 e. The van der Waals surface area contributed by atoms with Crippen molar-refractivity contribution in [2.24, 2.45) is 0 Å². The lowest BCUT2D eigenvalue weighted by Gasteiger charge is -2.18. The molecule has 4 atom stereocenters. The van der Waals surface area contributed by atoms with Crippen LogP contribution in [0.3, 0.4) is 0 Å². The number of fused-ring (bicyclic) bond motifs is 1. The number of imidazole rings is 1. The Kier molecular flexibility index (Phi) is 4.92. The van der Waals surface area contributed by atoms with Gasteiger partial charge >= 0.3 is 0 Å². The molecule has 3 heterocycles. The highest BCUT2D eigenvalue weighted by molar-refractivity contribution is 5.81. The summed E-state index contributed by atoms with van der Waals surface area (Å²) in [6.45, 7) is 3.73. The number of nitrogen functional groups attached to an aromatic ring is 1. The minimum atomic E-state index is -1.09. The molecule has 1 fully saturated rings. The molecule has 10 nitrogen and oxygen atoms in total. The average molecular weight is 337 g/mol. The van der Waals surface area contributed by atoms with Crippen LogP contribution in [0.15, 0.2) is 6.33 Å². The van der Waals surface area contributed by atoms with Crippen LogP contribution >= 0.6 is 0 Å². The van der Waals surface area contributed by atoms with E-state index < -0.39 is 24.5 Å². The van der Waals surface area contributed by atoms with Crippen molar-refractivity contribution < 1.29 is 14.9 Å². The van der Waals surface area contributed by atoms with Gasteiger partial charge in [-0.2, -0.15) is 0 Å². The van der Waals surface area contributed by atoms with E-state index in [9.17, 15) is 10.2 Å². The number of aromatic nitrogens is 4. The third-order valence-corrected chi connectivity index (χ3v) is 4.17. The van der Waals surface area contributed by atoms with Gasteiger partial charge in [0.1, 0.15) is 30.5 Å². The van der Waals surface area contributed by atoms with E-state index in [1.807, 2.05) is 7.05 Å². The molecule has 1 saturated heterocycles. The van der Waals surface area contributed by atoms with Crippen molar-refractivity contribution in [3.63, 3.8) is 0 Å². The van der Waals surface area contributed by atoms with Crippen LogP contribution in [0.1, 0.15) is 12.1 Å². The monoisotopic (exact) mass is 337 g/mol. The summed E-state index contributed by atoms with van der Waals surface area (Å²) in [5.74, 6) is 0.845. The largest absolute Gasteiger partial charge is 0.387 e.